The van der Waals surface area contributed by atoms with Crippen LogP contribution in [0, 0.1) is 0 Å². The van der Waals surface area contributed by atoms with E-state index in [1.807, 2.05) is 30.3 Å². The molecule has 1 amide bonds. The number of hydrogen-bond acceptors (Lipinski definition) is 4. The summed E-state index contributed by atoms with van der Waals surface area (Å²) in [5.74, 6) is 0.738. The number of carbonyl (C=O) groups is 1. The van der Waals surface area contributed by atoms with Crippen molar-refractivity contribution in [2.75, 3.05) is 6.61 Å². The lowest BCUT2D eigenvalue weighted by Gasteiger charge is -2.05. The van der Waals surface area contributed by atoms with Crippen LogP contribution in [0.25, 0.3) is 6.08 Å². The Bertz CT molecular complexity index is 523. The molecule has 106 valence electrons. The Morgan fingerprint density at radius 1 is 1.30 bits per heavy atom. The van der Waals surface area contributed by atoms with Crippen molar-refractivity contribution < 1.29 is 9.53 Å². The molecular formula is C15H17NO2S2. The summed E-state index contributed by atoms with van der Waals surface area (Å²) in [4.78, 5) is 12.2. The molecule has 3 nitrogen and oxygen atoms in total. The third kappa shape index (κ3) is 4.35. The predicted molar refractivity (Wildman–Crippen MR) is 87.8 cm³/mol. The normalized spacial score (nSPS) is 16.6. The van der Waals surface area contributed by atoms with Gasteiger partial charge in [-0.05, 0) is 30.2 Å². The first-order chi connectivity index (χ1) is 9.69. The van der Waals surface area contributed by atoms with E-state index < -0.39 is 0 Å². The SMILES string of the molecule is CCCCCOc1ccc(C=C2SC(=S)NC2=O)cc1. The maximum atomic E-state index is 11.5. The van der Waals surface area contributed by atoms with Crippen molar-refractivity contribution in [3.63, 3.8) is 0 Å². The minimum absolute atomic E-state index is 0.125. The quantitative estimate of drug-likeness (QED) is 0.493. The molecule has 1 fully saturated rings. The van der Waals surface area contributed by atoms with E-state index in [9.17, 15) is 4.79 Å². The van der Waals surface area contributed by atoms with Gasteiger partial charge in [-0.1, -0.05) is 55.9 Å². The van der Waals surface area contributed by atoms with Crippen LogP contribution in [0.5, 0.6) is 5.75 Å². The highest BCUT2D eigenvalue weighted by molar-refractivity contribution is 8.26. The average molecular weight is 307 g/mol. The van der Waals surface area contributed by atoms with Gasteiger partial charge in [0.05, 0.1) is 11.5 Å². The molecule has 1 N–H and O–H groups in total. The number of hydrogen-bond donors (Lipinski definition) is 1. The van der Waals surface area contributed by atoms with Crippen molar-refractivity contribution in [2.24, 2.45) is 0 Å². The largest absolute Gasteiger partial charge is 0.494 e. The molecule has 0 bridgehead atoms. The number of thioether (sulfide) groups is 1. The molecule has 1 heterocycles. The molecule has 0 atom stereocenters. The Morgan fingerprint density at radius 3 is 2.65 bits per heavy atom. The van der Waals surface area contributed by atoms with E-state index in [2.05, 4.69) is 12.2 Å². The molecular weight excluding hydrogens is 290 g/mol. The van der Waals surface area contributed by atoms with Crippen molar-refractivity contribution in [1.29, 1.82) is 0 Å². The molecule has 0 spiro atoms. The molecule has 5 heteroatoms. The number of benzene rings is 1. The first-order valence-electron chi connectivity index (χ1n) is 6.67. The lowest BCUT2D eigenvalue weighted by molar-refractivity contribution is -0.115. The van der Waals surface area contributed by atoms with Crippen LogP contribution in [-0.2, 0) is 4.79 Å². The van der Waals surface area contributed by atoms with Crippen LogP contribution < -0.4 is 10.1 Å². The first kappa shape index (κ1) is 15.1. The number of amides is 1. The van der Waals surface area contributed by atoms with E-state index in [4.69, 9.17) is 17.0 Å². The van der Waals surface area contributed by atoms with Gasteiger partial charge in [0.1, 0.15) is 10.1 Å². The fourth-order valence-electron chi connectivity index (χ4n) is 1.77. The summed E-state index contributed by atoms with van der Waals surface area (Å²) in [6, 6.07) is 7.73. The molecule has 20 heavy (non-hydrogen) atoms. The second-order valence-electron chi connectivity index (χ2n) is 4.48. The van der Waals surface area contributed by atoms with E-state index in [0.717, 1.165) is 24.3 Å². The number of nitrogens with one attached hydrogen (secondary N) is 1. The minimum Gasteiger partial charge on any atom is -0.494 e. The van der Waals surface area contributed by atoms with Gasteiger partial charge in [-0.25, -0.2) is 0 Å². The molecule has 0 aromatic heterocycles. The topological polar surface area (TPSA) is 38.3 Å². The monoisotopic (exact) mass is 307 g/mol. The Balaban J connectivity index is 1.93. The smallest absolute Gasteiger partial charge is 0.263 e. The minimum atomic E-state index is -0.125. The summed E-state index contributed by atoms with van der Waals surface area (Å²) in [5.41, 5.74) is 0.966. The van der Waals surface area contributed by atoms with Gasteiger partial charge in [-0.3, -0.25) is 4.79 Å². The van der Waals surface area contributed by atoms with Gasteiger partial charge >= 0.3 is 0 Å². The Hall–Kier alpha value is -1.33. The summed E-state index contributed by atoms with van der Waals surface area (Å²) in [5, 5.41) is 2.60. The van der Waals surface area contributed by atoms with E-state index in [-0.39, 0.29) is 5.91 Å². The van der Waals surface area contributed by atoms with E-state index in [1.165, 1.54) is 24.6 Å². The van der Waals surface area contributed by atoms with Crippen LogP contribution in [0.15, 0.2) is 29.2 Å². The van der Waals surface area contributed by atoms with Crippen LogP contribution in [0.4, 0.5) is 0 Å². The van der Waals surface area contributed by atoms with E-state index >= 15 is 0 Å². The third-order valence-corrected chi connectivity index (χ3v) is 4.00. The molecule has 0 saturated carbocycles. The van der Waals surface area contributed by atoms with Crippen molar-refractivity contribution in [3.8, 4) is 5.75 Å². The van der Waals surface area contributed by atoms with Crippen LogP contribution in [0.1, 0.15) is 31.7 Å². The van der Waals surface area contributed by atoms with Crippen LogP contribution in [-0.4, -0.2) is 16.8 Å². The summed E-state index contributed by atoms with van der Waals surface area (Å²) < 4.78 is 6.16. The molecule has 2 rings (SSSR count). The van der Waals surface area contributed by atoms with Gasteiger partial charge < -0.3 is 10.1 Å². The number of rotatable bonds is 6. The highest BCUT2D eigenvalue weighted by atomic mass is 32.2. The number of ether oxygens (including phenoxy) is 1. The van der Waals surface area contributed by atoms with Gasteiger partial charge in [0.2, 0.25) is 0 Å². The Kier molecular flexibility index (Phi) is 5.61. The lowest BCUT2D eigenvalue weighted by atomic mass is 10.2. The summed E-state index contributed by atoms with van der Waals surface area (Å²) in [6.45, 7) is 2.92. The second-order valence-corrected chi connectivity index (χ2v) is 6.20. The van der Waals surface area contributed by atoms with Crippen molar-refractivity contribution in [1.82, 2.24) is 5.32 Å². The zero-order valence-electron chi connectivity index (χ0n) is 11.3. The van der Waals surface area contributed by atoms with Crippen molar-refractivity contribution >= 4 is 40.3 Å². The lowest BCUT2D eigenvalue weighted by Crippen LogP contribution is -2.17. The standard InChI is InChI=1S/C15H17NO2S2/c1-2-3-4-9-18-12-7-5-11(6-8-12)10-13-14(17)16-15(19)20-13/h5-8,10H,2-4,9H2,1H3,(H,16,17,19). The molecule has 0 unspecified atom stereocenters. The van der Waals surface area contributed by atoms with Gasteiger partial charge in [0, 0.05) is 0 Å². The van der Waals surface area contributed by atoms with Crippen molar-refractivity contribution in [3.05, 3.63) is 34.7 Å². The van der Waals surface area contributed by atoms with Gasteiger partial charge in [0.15, 0.2) is 0 Å². The molecule has 1 aromatic carbocycles. The second kappa shape index (κ2) is 7.45. The average Bonchev–Trinajstić information content (AvgIpc) is 2.75. The number of unbranched alkanes of at least 4 members (excludes halogenated alkanes) is 2. The third-order valence-electron chi connectivity index (χ3n) is 2.84. The summed E-state index contributed by atoms with van der Waals surface area (Å²) >= 11 is 6.24. The molecule has 1 saturated heterocycles. The van der Waals surface area contributed by atoms with Crippen LogP contribution in [0.2, 0.25) is 0 Å². The molecule has 1 aromatic rings. The van der Waals surface area contributed by atoms with Crippen LogP contribution >= 0.6 is 24.0 Å². The van der Waals surface area contributed by atoms with E-state index in [0.29, 0.717) is 9.23 Å². The first-order valence-corrected chi connectivity index (χ1v) is 7.89. The summed E-state index contributed by atoms with van der Waals surface area (Å²) in [7, 11) is 0. The summed E-state index contributed by atoms with van der Waals surface area (Å²) in [6.07, 6.45) is 5.30. The van der Waals surface area contributed by atoms with Gasteiger partial charge in [0.25, 0.3) is 5.91 Å². The fourth-order valence-corrected chi connectivity index (χ4v) is 2.82. The Morgan fingerprint density at radius 2 is 2.05 bits per heavy atom. The van der Waals surface area contributed by atoms with E-state index in [1.54, 1.807) is 0 Å². The van der Waals surface area contributed by atoms with Gasteiger partial charge in [-0.15, -0.1) is 0 Å². The molecule has 0 aliphatic carbocycles. The highest BCUT2D eigenvalue weighted by Crippen LogP contribution is 2.26. The molecule has 0 radical (unpaired) electrons. The zero-order valence-corrected chi connectivity index (χ0v) is 13.0. The predicted octanol–water partition coefficient (Wildman–Crippen LogP) is 3.74. The maximum absolute atomic E-state index is 11.5. The molecule has 1 aliphatic heterocycles. The Labute approximate surface area is 128 Å². The fraction of sp³-hybridized carbons (Fsp3) is 0.333. The number of carbonyl (C=O) groups excluding carboxylic acids is 1. The zero-order chi connectivity index (χ0) is 14.4. The molecule has 1 aliphatic rings. The maximum Gasteiger partial charge on any atom is 0.263 e. The number of thiocarbonyl (C=S) groups is 1. The van der Waals surface area contributed by atoms with Crippen LogP contribution in [0.3, 0.4) is 0 Å². The van der Waals surface area contributed by atoms with Gasteiger partial charge in [-0.2, -0.15) is 0 Å². The van der Waals surface area contributed by atoms with Crippen molar-refractivity contribution in [2.45, 2.75) is 26.2 Å². The highest BCUT2D eigenvalue weighted by Gasteiger charge is 2.21.